The van der Waals surface area contributed by atoms with Gasteiger partial charge in [-0.25, -0.2) is 0 Å². The number of benzene rings is 1. The van der Waals surface area contributed by atoms with E-state index >= 15 is 0 Å². The van der Waals surface area contributed by atoms with Gasteiger partial charge in [-0.2, -0.15) is 0 Å². The summed E-state index contributed by atoms with van der Waals surface area (Å²) in [6.07, 6.45) is 0.970. The zero-order valence-electron chi connectivity index (χ0n) is 12.8. The molecule has 1 heterocycles. The second-order valence-corrected chi connectivity index (χ2v) is 6.21. The number of nitrogens with one attached hydrogen (secondary N) is 1. The first-order chi connectivity index (χ1) is 9.92. The molecule has 0 saturated heterocycles. The van der Waals surface area contributed by atoms with Gasteiger partial charge in [-0.3, -0.25) is 0 Å². The van der Waals surface area contributed by atoms with Gasteiger partial charge in [-0.1, -0.05) is 36.2 Å². The van der Waals surface area contributed by atoms with Gasteiger partial charge in [0.1, 0.15) is 11.5 Å². The molecule has 0 spiro atoms. The van der Waals surface area contributed by atoms with Crippen LogP contribution in [0.15, 0.2) is 28.7 Å². The van der Waals surface area contributed by atoms with Crippen LogP contribution in [-0.4, -0.2) is 0 Å². The lowest BCUT2D eigenvalue weighted by atomic mass is 10.0. The number of furan rings is 1. The van der Waals surface area contributed by atoms with Crippen LogP contribution in [0, 0.1) is 13.8 Å². The van der Waals surface area contributed by atoms with Crippen molar-refractivity contribution in [3.8, 4) is 0 Å². The van der Waals surface area contributed by atoms with Gasteiger partial charge < -0.3 is 9.73 Å². The smallest absolute Gasteiger partial charge is 0.105 e. The van der Waals surface area contributed by atoms with E-state index in [1.165, 1.54) is 5.56 Å². The summed E-state index contributed by atoms with van der Waals surface area (Å²) in [7, 11) is 0. The summed E-state index contributed by atoms with van der Waals surface area (Å²) in [6.45, 7) is 8.28. The summed E-state index contributed by atoms with van der Waals surface area (Å²) >= 11 is 12.1. The Balaban J connectivity index is 2.18. The Morgan fingerprint density at radius 2 is 1.86 bits per heavy atom. The molecule has 2 unspecified atom stereocenters. The second kappa shape index (κ2) is 6.87. The molecular weight excluding hydrogens is 305 g/mol. The van der Waals surface area contributed by atoms with Crippen LogP contribution in [0.4, 0.5) is 0 Å². The van der Waals surface area contributed by atoms with Crippen molar-refractivity contribution in [1.29, 1.82) is 0 Å². The third kappa shape index (κ3) is 3.82. The molecule has 1 aromatic heterocycles. The lowest BCUT2D eigenvalue weighted by Gasteiger charge is -2.23. The Morgan fingerprint density at radius 3 is 2.38 bits per heavy atom. The number of aryl methyl sites for hydroxylation is 2. The first kappa shape index (κ1) is 16.4. The Hall–Kier alpha value is -0.960. The minimum Gasteiger partial charge on any atom is -0.466 e. The summed E-state index contributed by atoms with van der Waals surface area (Å²) in [6, 6.07) is 8.34. The van der Waals surface area contributed by atoms with Crippen molar-refractivity contribution < 1.29 is 4.42 Å². The fourth-order valence-electron chi connectivity index (χ4n) is 2.65. The van der Waals surface area contributed by atoms with E-state index in [4.69, 9.17) is 27.6 Å². The van der Waals surface area contributed by atoms with Crippen LogP contribution in [0.2, 0.25) is 10.0 Å². The minimum atomic E-state index is 0.210. The maximum Gasteiger partial charge on any atom is 0.105 e. The molecular formula is C17H21Cl2NO. The number of hydrogen-bond donors (Lipinski definition) is 1. The molecule has 1 aromatic carbocycles. The summed E-state index contributed by atoms with van der Waals surface area (Å²) < 4.78 is 5.61. The third-order valence-corrected chi connectivity index (χ3v) is 4.49. The van der Waals surface area contributed by atoms with E-state index < -0.39 is 0 Å². The van der Waals surface area contributed by atoms with Crippen LogP contribution in [0.1, 0.15) is 55.0 Å². The monoisotopic (exact) mass is 325 g/mol. The van der Waals surface area contributed by atoms with Crippen molar-refractivity contribution in [2.75, 3.05) is 0 Å². The lowest BCUT2D eigenvalue weighted by molar-refractivity contribution is 0.444. The molecule has 0 aliphatic carbocycles. The quantitative estimate of drug-likeness (QED) is 0.728. The van der Waals surface area contributed by atoms with Crippen molar-refractivity contribution in [3.63, 3.8) is 0 Å². The molecule has 0 amide bonds. The summed E-state index contributed by atoms with van der Waals surface area (Å²) in [5, 5.41) is 4.82. The fourth-order valence-corrected chi connectivity index (χ4v) is 2.96. The van der Waals surface area contributed by atoms with Crippen molar-refractivity contribution >= 4 is 23.2 Å². The van der Waals surface area contributed by atoms with Gasteiger partial charge in [-0.15, -0.1) is 0 Å². The zero-order valence-corrected chi connectivity index (χ0v) is 14.3. The fraction of sp³-hybridized carbons (Fsp3) is 0.412. The molecule has 0 radical (unpaired) electrons. The van der Waals surface area contributed by atoms with E-state index in [1.807, 2.05) is 32.0 Å². The SMILES string of the molecule is CCC(NC(C)c1cc(C)oc1C)c1ccc(Cl)c(Cl)c1. The van der Waals surface area contributed by atoms with Crippen molar-refractivity contribution in [2.45, 2.75) is 46.2 Å². The molecule has 2 atom stereocenters. The number of halogens is 2. The highest BCUT2D eigenvalue weighted by molar-refractivity contribution is 6.42. The molecule has 2 aromatic rings. The average Bonchev–Trinajstić information content (AvgIpc) is 2.78. The molecule has 0 saturated carbocycles. The zero-order chi connectivity index (χ0) is 15.6. The second-order valence-electron chi connectivity index (χ2n) is 5.39. The first-order valence-electron chi connectivity index (χ1n) is 7.20. The van der Waals surface area contributed by atoms with Crippen LogP contribution in [0.25, 0.3) is 0 Å². The van der Waals surface area contributed by atoms with E-state index in [9.17, 15) is 0 Å². The van der Waals surface area contributed by atoms with E-state index in [0.29, 0.717) is 10.0 Å². The molecule has 2 rings (SSSR count). The molecule has 0 aliphatic heterocycles. The van der Waals surface area contributed by atoms with Crippen LogP contribution < -0.4 is 5.32 Å². The standard InChI is InChI=1S/C17H21Cl2NO/c1-5-17(13-6-7-15(18)16(19)9-13)20-11(3)14-8-10(2)21-12(14)4/h6-9,11,17,20H,5H2,1-4H3. The predicted molar refractivity (Wildman–Crippen MR) is 89.2 cm³/mol. The van der Waals surface area contributed by atoms with Crippen LogP contribution >= 0.6 is 23.2 Å². The lowest BCUT2D eigenvalue weighted by Crippen LogP contribution is -2.24. The highest BCUT2D eigenvalue weighted by Crippen LogP contribution is 2.29. The Morgan fingerprint density at radius 1 is 1.14 bits per heavy atom. The van der Waals surface area contributed by atoms with Crippen LogP contribution in [0.3, 0.4) is 0 Å². The molecule has 114 valence electrons. The molecule has 21 heavy (non-hydrogen) atoms. The Kier molecular flexibility index (Phi) is 5.37. The predicted octanol–water partition coefficient (Wildman–Crippen LogP) is 6.01. The van der Waals surface area contributed by atoms with Crippen LogP contribution in [-0.2, 0) is 0 Å². The largest absolute Gasteiger partial charge is 0.466 e. The normalized spacial score (nSPS) is 14.2. The average molecular weight is 326 g/mol. The van der Waals surface area contributed by atoms with Gasteiger partial charge in [0.05, 0.1) is 10.0 Å². The van der Waals surface area contributed by atoms with E-state index in [1.54, 1.807) is 0 Å². The molecule has 0 aliphatic rings. The van der Waals surface area contributed by atoms with Gasteiger partial charge >= 0.3 is 0 Å². The first-order valence-corrected chi connectivity index (χ1v) is 7.95. The van der Waals surface area contributed by atoms with Crippen molar-refractivity contribution in [3.05, 3.63) is 57.0 Å². The van der Waals surface area contributed by atoms with Gasteiger partial charge in [-0.05, 0) is 51.0 Å². The third-order valence-electron chi connectivity index (χ3n) is 3.75. The highest BCUT2D eigenvalue weighted by Gasteiger charge is 2.18. The number of hydrogen-bond acceptors (Lipinski definition) is 2. The van der Waals surface area contributed by atoms with Gasteiger partial charge in [0.25, 0.3) is 0 Å². The molecule has 2 nitrogen and oxygen atoms in total. The minimum absolute atomic E-state index is 0.210. The summed E-state index contributed by atoms with van der Waals surface area (Å²) in [5.41, 5.74) is 2.35. The van der Waals surface area contributed by atoms with Gasteiger partial charge in [0.2, 0.25) is 0 Å². The van der Waals surface area contributed by atoms with E-state index in [-0.39, 0.29) is 12.1 Å². The van der Waals surface area contributed by atoms with E-state index in [0.717, 1.165) is 23.5 Å². The number of rotatable bonds is 5. The van der Waals surface area contributed by atoms with Crippen molar-refractivity contribution in [2.24, 2.45) is 0 Å². The highest BCUT2D eigenvalue weighted by atomic mass is 35.5. The summed E-state index contributed by atoms with van der Waals surface area (Å²) in [5.74, 6) is 1.91. The summed E-state index contributed by atoms with van der Waals surface area (Å²) in [4.78, 5) is 0. The molecule has 1 N–H and O–H groups in total. The maximum absolute atomic E-state index is 6.12. The molecule has 4 heteroatoms. The Labute approximate surface area is 136 Å². The molecule has 0 bridgehead atoms. The topological polar surface area (TPSA) is 25.2 Å². The Bertz CT molecular complexity index is 621. The molecule has 0 fully saturated rings. The van der Waals surface area contributed by atoms with Gasteiger partial charge in [0, 0.05) is 17.6 Å². The maximum atomic E-state index is 6.12. The van der Waals surface area contributed by atoms with E-state index in [2.05, 4.69) is 25.2 Å². The van der Waals surface area contributed by atoms with Crippen LogP contribution in [0.5, 0.6) is 0 Å². The van der Waals surface area contributed by atoms with Crippen molar-refractivity contribution in [1.82, 2.24) is 5.32 Å². The van der Waals surface area contributed by atoms with Gasteiger partial charge in [0.15, 0.2) is 0 Å².